The van der Waals surface area contributed by atoms with Gasteiger partial charge in [0, 0.05) is 25.2 Å². The summed E-state index contributed by atoms with van der Waals surface area (Å²) in [5.41, 5.74) is 2.26. The number of piperazine rings is 1. The zero-order valence-corrected chi connectivity index (χ0v) is 10.7. The number of nitrogens with one attached hydrogen (secondary N) is 1. The Hall–Kier alpha value is -0.650. The van der Waals surface area contributed by atoms with Crippen molar-refractivity contribution >= 4 is 5.91 Å². The third kappa shape index (κ3) is 2.72. The Balaban J connectivity index is 2.69. The smallest absolute Gasteiger partial charge is 0.251 e. The number of carbonyl (C=O) groups excluding carboxylic acids is 1. The zero-order valence-electron chi connectivity index (χ0n) is 10.7. The van der Waals surface area contributed by atoms with E-state index in [4.69, 9.17) is 5.84 Å². The summed E-state index contributed by atoms with van der Waals surface area (Å²) in [6.45, 7) is 8.25. The van der Waals surface area contributed by atoms with Crippen molar-refractivity contribution in [3.05, 3.63) is 0 Å². The van der Waals surface area contributed by atoms with Crippen molar-refractivity contribution in [2.45, 2.75) is 45.3 Å². The first-order valence-electron chi connectivity index (χ1n) is 5.97. The van der Waals surface area contributed by atoms with E-state index in [1.54, 1.807) is 0 Å². The van der Waals surface area contributed by atoms with Crippen molar-refractivity contribution in [3.63, 3.8) is 0 Å². The Labute approximate surface area is 97.9 Å². The summed E-state index contributed by atoms with van der Waals surface area (Å²) in [7, 11) is 2.14. The van der Waals surface area contributed by atoms with Crippen LogP contribution in [0.2, 0.25) is 0 Å². The molecule has 1 fully saturated rings. The first kappa shape index (κ1) is 13.4. The Bertz CT molecular complexity index is 234. The lowest BCUT2D eigenvalue weighted by molar-refractivity contribution is -0.128. The van der Waals surface area contributed by atoms with Gasteiger partial charge in [0.15, 0.2) is 0 Å². The molecule has 0 aliphatic carbocycles. The van der Waals surface area contributed by atoms with Crippen LogP contribution in [0.1, 0.15) is 27.2 Å². The minimum absolute atomic E-state index is 0.0774. The zero-order chi connectivity index (χ0) is 12.3. The highest BCUT2D eigenvalue weighted by Gasteiger charge is 2.32. The van der Waals surface area contributed by atoms with Crippen molar-refractivity contribution in [1.29, 1.82) is 0 Å². The molecule has 1 aliphatic heterocycles. The fourth-order valence-electron chi connectivity index (χ4n) is 2.41. The maximum Gasteiger partial charge on any atom is 0.251 e. The summed E-state index contributed by atoms with van der Waals surface area (Å²) < 4.78 is 0. The SMILES string of the molecule is CCC(C(=O)NN)N1CC(C)N(C)C(C)C1. The molecule has 5 heteroatoms. The van der Waals surface area contributed by atoms with Gasteiger partial charge in [0.2, 0.25) is 0 Å². The second-order valence-electron chi connectivity index (χ2n) is 4.75. The number of hydrogen-bond donors (Lipinski definition) is 2. The molecule has 0 aromatic carbocycles. The highest BCUT2D eigenvalue weighted by atomic mass is 16.2. The topological polar surface area (TPSA) is 61.6 Å². The molecule has 0 saturated carbocycles. The Morgan fingerprint density at radius 2 is 1.94 bits per heavy atom. The van der Waals surface area contributed by atoms with Crippen LogP contribution >= 0.6 is 0 Å². The molecule has 3 atom stereocenters. The van der Waals surface area contributed by atoms with Gasteiger partial charge in [0.1, 0.15) is 0 Å². The molecular weight excluding hydrogens is 204 g/mol. The molecule has 0 radical (unpaired) electrons. The van der Waals surface area contributed by atoms with Gasteiger partial charge >= 0.3 is 0 Å². The van der Waals surface area contributed by atoms with Gasteiger partial charge in [-0.3, -0.25) is 20.0 Å². The lowest BCUT2D eigenvalue weighted by Gasteiger charge is -2.44. The van der Waals surface area contributed by atoms with Crippen LogP contribution < -0.4 is 11.3 Å². The van der Waals surface area contributed by atoms with Crippen LogP contribution in [0.15, 0.2) is 0 Å². The van der Waals surface area contributed by atoms with Gasteiger partial charge in [-0.1, -0.05) is 6.92 Å². The summed E-state index contributed by atoms with van der Waals surface area (Å²) in [5.74, 6) is 5.14. The molecule has 0 bridgehead atoms. The van der Waals surface area contributed by atoms with Crippen LogP contribution in [-0.4, -0.2) is 54.0 Å². The maximum absolute atomic E-state index is 11.6. The van der Waals surface area contributed by atoms with E-state index in [1.807, 2.05) is 6.92 Å². The summed E-state index contributed by atoms with van der Waals surface area (Å²) >= 11 is 0. The second-order valence-corrected chi connectivity index (χ2v) is 4.75. The van der Waals surface area contributed by atoms with Crippen LogP contribution in [0.4, 0.5) is 0 Å². The summed E-state index contributed by atoms with van der Waals surface area (Å²) in [6, 6.07) is 0.857. The predicted molar refractivity (Wildman–Crippen MR) is 64.7 cm³/mol. The van der Waals surface area contributed by atoms with Gasteiger partial charge < -0.3 is 0 Å². The standard InChI is InChI=1S/C11H24N4O/c1-5-10(11(16)13-12)15-6-8(2)14(4)9(3)7-15/h8-10H,5-7,12H2,1-4H3,(H,13,16). The van der Waals surface area contributed by atoms with Crippen LogP contribution in [0, 0.1) is 0 Å². The molecule has 3 N–H and O–H groups in total. The molecule has 0 aromatic rings. The number of nitrogens with two attached hydrogens (primary N) is 1. The first-order valence-corrected chi connectivity index (χ1v) is 5.97. The summed E-state index contributed by atoms with van der Waals surface area (Å²) in [6.07, 6.45) is 0.798. The minimum Gasteiger partial charge on any atom is -0.298 e. The fourth-order valence-corrected chi connectivity index (χ4v) is 2.41. The van der Waals surface area contributed by atoms with Gasteiger partial charge in [-0.15, -0.1) is 0 Å². The van der Waals surface area contributed by atoms with E-state index in [-0.39, 0.29) is 11.9 Å². The number of rotatable bonds is 3. The highest BCUT2D eigenvalue weighted by Crippen LogP contribution is 2.17. The number of amides is 1. The molecule has 5 nitrogen and oxygen atoms in total. The lowest BCUT2D eigenvalue weighted by atomic mass is 10.0. The van der Waals surface area contributed by atoms with Gasteiger partial charge in [-0.05, 0) is 27.3 Å². The first-order chi connectivity index (χ1) is 7.51. The molecule has 1 aliphatic rings. The van der Waals surface area contributed by atoms with E-state index in [0.717, 1.165) is 19.5 Å². The van der Waals surface area contributed by atoms with Crippen molar-refractivity contribution in [2.75, 3.05) is 20.1 Å². The number of carbonyl (C=O) groups is 1. The largest absolute Gasteiger partial charge is 0.298 e. The Kier molecular flexibility index (Phi) is 4.70. The highest BCUT2D eigenvalue weighted by molar-refractivity contribution is 5.81. The van der Waals surface area contributed by atoms with E-state index >= 15 is 0 Å². The Morgan fingerprint density at radius 3 is 2.31 bits per heavy atom. The van der Waals surface area contributed by atoms with Gasteiger partial charge in [0.05, 0.1) is 6.04 Å². The summed E-state index contributed by atoms with van der Waals surface area (Å²) in [4.78, 5) is 16.2. The monoisotopic (exact) mass is 228 g/mol. The average Bonchev–Trinajstić information content (AvgIpc) is 2.26. The number of likely N-dealkylation sites (N-methyl/N-ethyl adjacent to an activating group) is 1. The third-order valence-electron chi connectivity index (χ3n) is 3.66. The molecular formula is C11H24N4O. The lowest BCUT2D eigenvalue weighted by Crippen LogP contribution is -2.60. The van der Waals surface area contributed by atoms with E-state index in [1.165, 1.54) is 0 Å². The molecule has 0 aromatic heterocycles. The van der Waals surface area contributed by atoms with Gasteiger partial charge in [0.25, 0.3) is 5.91 Å². The van der Waals surface area contributed by atoms with Crippen LogP contribution in [0.3, 0.4) is 0 Å². The van der Waals surface area contributed by atoms with Crippen LogP contribution in [-0.2, 0) is 4.79 Å². The molecule has 1 heterocycles. The number of hydrazine groups is 1. The van der Waals surface area contributed by atoms with E-state index < -0.39 is 0 Å². The molecule has 3 unspecified atom stereocenters. The van der Waals surface area contributed by atoms with E-state index in [9.17, 15) is 4.79 Å². The van der Waals surface area contributed by atoms with E-state index in [0.29, 0.717) is 12.1 Å². The van der Waals surface area contributed by atoms with Gasteiger partial charge in [-0.2, -0.15) is 0 Å². The predicted octanol–water partition coefficient (Wildman–Crippen LogP) is -0.221. The molecule has 1 saturated heterocycles. The average molecular weight is 228 g/mol. The molecule has 1 amide bonds. The normalized spacial score (nSPS) is 30.1. The Morgan fingerprint density at radius 1 is 1.44 bits per heavy atom. The molecule has 0 spiro atoms. The maximum atomic E-state index is 11.6. The number of nitrogens with zero attached hydrogens (tertiary/aromatic N) is 2. The van der Waals surface area contributed by atoms with Crippen molar-refractivity contribution in [2.24, 2.45) is 5.84 Å². The second kappa shape index (κ2) is 5.61. The van der Waals surface area contributed by atoms with Crippen LogP contribution in [0.5, 0.6) is 0 Å². The van der Waals surface area contributed by atoms with Gasteiger partial charge in [-0.25, -0.2) is 5.84 Å². The fraction of sp³-hybridized carbons (Fsp3) is 0.909. The van der Waals surface area contributed by atoms with Crippen molar-refractivity contribution in [3.8, 4) is 0 Å². The molecule has 94 valence electrons. The quantitative estimate of drug-likeness (QED) is 0.398. The minimum atomic E-state index is -0.0939. The van der Waals surface area contributed by atoms with E-state index in [2.05, 4.69) is 36.1 Å². The molecule has 16 heavy (non-hydrogen) atoms. The van der Waals surface area contributed by atoms with Crippen molar-refractivity contribution < 1.29 is 4.79 Å². The summed E-state index contributed by atoms with van der Waals surface area (Å²) in [5, 5.41) is 0. The number of hydrogen-bond acceptors (Lipinski definition) is 4. The van der Waals surface area contributed by atoms with Crippen LogP contribution in [0.25, 0.3) is 0 Å². The van der Waals surface area contributed by atoms with Crippen molar-refractivity contribution in [1.82, 2.24) is 15.2 Å². The molecule has 1 rings (SSSR count). The third-order valence-corrected chi connectivity index (χ3v) is 3.66.